The van der Waals surface area contributed by atoms with Gasteiger partial charge < -0.3 is 14.0 Å². The van der Waals surface area contributed by atoms with Crippen molar-refractivity contribution in [1.29, 1.82) is 0 Å². The molecule has 3 aromatic heterocycles. The van der Waals surface area contributed by atoms with Crippen molar-refractivity contribution in [3.63, 3.8) is 0 Å². The normalized spacial score (nSPS) is 11.3. The number of hydrogen-bond donors (Lipinski definition) is 0. The molecular formula is C32H27FN4O3. The van der Waals surface area contributed by atoms with E-state index in [-0.39, 0.29) is 17.9 Å². The van der Waals surface area contributed by atoms with Gasteiger partial charge in [-0.3, -0.25) is 9.36 Å². The fourth-order valence-corrected chi connectivity index (χ4v) is 5.17. The molecule has 7 nitrogen and oxygen atoms in total. The Hall–Kier alpha value is -4.98. The zero-order valence-corrected chi connectivity index (χ0v) is 22.4. The number of ether oxygens (including phenoxy) is 2. The lowest BCUT2D eigenvalue weighted by atomic mass is 9.96. The van der Waals surface area contributed by atoms with Crippen LogP contribution >= 0.6 is 0 Å². The maximum Gasteiger partial charge on any atom is 0.261 e. The van der Waals surface area contributed by atoms with Crippen molar-refractivity contribution in [2.75, 3.05) is 14.2 Å². The first-order chi connectivity index (χ1) is 19.4. The van der Waals surface area contributed by atoms with Crippen molar-refractivity contribution in [3.05, 3.63) is 118 Å². The zero-order chi connectivity index (χ0) is 27.8. The Morgan fingerprint density at radius 3 is 2.33 bits per heavy atom. The Labute approximate surface area is 230 Å². The van der Waals surface area contributed by atoms with Crippen molar-refractivity contribution in [1.82, 2.24) is 19.1 Å². The van der Waals surface area contributed by atoms with E-state index in [1.165, 1.54) is 12.1 Å². The third-order valence-corrected chi connectivity index (χ3v) is 7.11. The molecule has 0 unspecified atom stereocenters. The van der Waals surface area contributed by atoms with Gasteiger partial charge in [-0.1, -0.05) is 6.07 Å². The smallest absolute Gasteiger partial charge is 0.261 e. The van der Waals surface area contributed by atoms with Gasteiger partial charge >= 0.3 is 0 Å². The maximum absolute atomic E-state index is 14.0. The van der Waals surface area contributed by atoms with Crippen LogP contribution in [0.2, 0.25) is 0 Å². The Kier molecular flexibility index (Phi) is 6.51. The summed E-state index contributed by atoms with van der Waals surface area (Å²) in [5, 5.41) is 1.52. The molecule has 6 aromatic rings. The molecule has 0 atom stereocenters. The zero-order valence-electron chi connectivity index (χ0n) is 22.4. The van der Waals surface area contributed by atoms with E-state index in [0.717, 1.165) is 38.9 Å². The number of methoxy groups -OCH3 is 2. The Morgan fingerprint density at radius 2 is 1.57 bits per heavy atom. The number of benzene rings is 3. The van der Waals surface area contributed by atoms with E-state index in [2.05, 4.69) is 9.55 Å². The van der Waals surface area contributed by atoms with Crippen LogP contribution in [0.25, 0.3) is 33.1 Å². The average molecular weight is 535 g/mol. The van der Waals surface area contributed by atoms with E-state index in [1.807, 2.05) is 55.6 Å². The second kappa shape index (κ2) is 10.3. The quantitative estimate of drug-likeness (QED) is 0.252. The van der Waals surface area contributed by atoms with E-state index in [0.29, 0.717) is 28.9 Å². The lowest BCUT2D eigenvalue weighted by Gasteiger charge is -2.15. The highest BCUT2D eigenvalue weighted by Gasteiger charge is 2.16. The Bertz CT molecular complexity index is 1920. The third kappa shape index (κ3) is 4.68. The molecule has 0 aliphatic rings. The highest BCUT2D eigenvalue weighted by molar-refractivity contribution is 5.94. The fourth-order valence-electron chi connectivity index (χ4n) is 5.17. The van der Waals surface area contributed by atoms with E-state index in [1.54, 1.807) is 43.4 Å². The number of pyridine rings is 1. The number of rotatable bonds is 7. The van der Waals surface area contributed by atoms with Crippen LogP contribution in [0.3, 0.4) is 0 Å². The average Bonchev–Trinajstić information content (AvgIpc) is 3.37. The molecule has 0 spiro atoms. The molecule has 0 saturated heterocycles. The minimum absolute atomic E-state index is 0.176. The van der Waals surface area contributed by atoms with E-state index in [9.17, 15) is 9.18 Å². The molecule has 6 rings (SSSR count). The van der Waals surface area contributed by atoms with Gasteiger partial charge in [0.15, 0.2) is 0 Å². The predicted molar refractivity (Wildman–Crippen MR) is 154 cm³/mol. The van der Waals surface area contributed by atoms with Crippen LogP contribution in [0.4, 0.5) is 4.39 Å². The number of aryl methyl sites for hydroxylation is 1. The highest BCUT2D eigenvalue weighted by atomic mass is 19.1. The lowest BCUT2D eigenvalue weighted by Crippen LogP contribution is -2.21. The third-order valence-electron chi connectivity index (χ3n) is 7.11. The first-order valence-corrected chi connectivity index (χ1v) is 12.8. The van der Waals surface area contributed by atoms with Gasteiger partial charge in [0, 0.05) is 36.0 Å². The number of aromatic nitrogens is 4. The van der Waals surface area contributed by atoms with E-state index >= 15 is 0 Å². The molecule has 200 valence electrons. The SMILES string of the molecule is COc1cc(Cn2cnc3c(-c4ccc(F)cc4C)cc(Cn4ccc5cccnc54)cc3c2=O)cc(OC)c1. The summed E-state index contributed by atoms with van der Waals surface area (Å²) in [6.07, 6.45) is 5.31. The molecule has 8 heteroatoms. The molecular weight excluding hydrogens is 507 g/mol. The van der Waals surface area contributed by atoms with Gasteiger partial charge in [-0.15, -0.1) is 0 Å². The van der Waals surface area contributed by atoms with Crippen molar-refractivity contribution in [2.24, 2.45) is 0 Å². The summed E-state index contributed by atoms with van der Waals surface area (Å²) in [5.41, 5.74) is 5.37. The fraction of sp³-hybridized carbons (Fsp3) is 0.156. The van der Waals surface area contributed by atoms with Crippen LogP contribution in [0.15, 0.2) is 90.2 Å². The van der Waals surface area contributed by atoms with Crippen molar-refractivity contribution < 1.29 is 13.9 Å². The number of hydrogen-bond acceptors (Lipinski definition) is 5. The standard InChI is InChI=1S/C32H27FN4O3/c1-20-11-24(33)6-7-27(20)28-14-22(17-36-10-8-23-5-4-9-34-31(23)36)15-29-30(28)35-19-37(32(29)38)18-21-12-25(39-2)16-26(13-21)40-3/h4-16,19H,17-18H2,1-3H3. The van der Waals surface area contributed by atoms with Gasteiger partial charge in [0.25, 0.3) is 5.56 Å². The van der Waals surface area contributed by atoms with Crippen molar-refractivity contribution in [3.8, 4) is 22.6 Å². The molecule has 0 aliphatic heterocycles. The minimum Gasteiger partial charge on any atom is -0.497 e. The summed E-state index contributed by atoms with van der Waals surface area (Å²) in [4.78, 5) is 23.2. The summed E-state index contributed by atoms with van der Waals surface area (Å²) in [7, 11) is 3.18. The Balaban J connectivity index is 1.51. The molecule has 3 aromatic carbocycles. The number of nitrogens with zero attached hydrogens (tertiary/aromatic N) is 4. The topological polar surface area (TPSA) is 71.2 Å². The Morgan fingerprint density at radius 1 is 0.825 bits per heavy atom. The monoisotopic (exact) mass is 534 g/mol. The maximum atomic E-state index is 14.0. The van der Waals surface area contributed by atoms with E-state index in [4.69, 9.17) is 14.5 Å². The van der Waals surface area contributed by atoms with Gasteiger partial charge in [-0.05, 0) is 83.8 Å². The highest BCUT2D eigenvalue weighted by Crippen LogP contribution is 2.31. The van der Waals surface area contributed by atoms with Crippen LogP contribution in [-0.2, 0) is 13.1 Å². The molecule has 0 radical (unpaired) electrons. The van der Waals surface area contributed by atoms with Crippen LogP contribution in [0.5, 0.6) is 11.5 Å². The molecule has 0 amide bonds. The molecule has 0 saturated carbocycles. The van der Waals surface area contributed by atoms with Crippen molar-refractivity contribution >= 4 is 21.9 Å². The predicted octanol–water partition coefficient (Wildman–Crippen LogP) is 5.97. The summed E-state index contributed by atoms with van der Waals surface area (Å²) in [6, 6.07) is 20.1. The van der Waals surface area contributed by atoms with Crippen LogP contribution in [0.1, 0.15) is 16.7 Å². The first-order valence-electron chi connectivity index (χ1n) is 12.8. The van der Waals surface area contributed by atoms with Gasteiger partial charge in [0.05, 0.1) is 38.0 Å². The van der Waals surface area contributed by atoms with Crippen LogP contribution in [-0.4, -0.2) is 33.3 Å². The summed E-state index contributed by atoms with van der Waals surface area (Å²) < 4.78 is 28.4. The van der Waals surface area contributed by atoms with E-state index < -0.39 is 0 Å². The second-order valence-electron chi connectivity index (χ2n) is 9.76. The lowest BCUT2D eigenvalue weighted by molar-refractivity contribution is 0.393. The number of halogens is 1. The van der Waals surface area contributed by atoms with Gasteiger partial charge in [-0.2, -0.15) is 0 Å². The molecule has 0 fully saturated rings. The second-order valence-corrected chi connectivity index (χ2v) is 9.76. The molecule has 3 heterocycles. The van der Waals surface area contributed by atoms with Crippen molar-refractivity contribution in [2.45, 2.75) is 20.0 Å². The largest absolute Gasteiger partial charge is 0.497 e. The van der Waals surface area contributed by atoms with Gasteiger partial charge in [0.1, 0.15) is 23.0 Å². The summed E-state index contributed by atoms with van der Waals surface area (Å²) in [6.45, 7) is 2.65. The van der Waals surface area contributed by atoms with Gasteiger partial charge in [-0.25, -0.2) is 14.4 Å². The summed E-state index contributed by atoms with van der Waals surface area (Å²) >= 11 is 0. The molecule has 0 aliphatic carbocycles. The summed E-state index contributed by atoms with van der Waals surface area (Å²) in [5.74, 6) is 0.968. The number of fused-ring (bicyclic) bond motifs is 2. The van der Waals surface area contributed by atoms with Gasteiger partial charge in [0.2, 0.25) is 0 Å². The molecule has 0 N–H and O–H groups in total. The molecule has 0 bridgehead atoms. The first kappa shape index (κ1) is 25.3. The van der Waals surface area contributed by atoms with Crippen LogP contribution in [0, 0.1) is 12.7 Å². The van der Waals surface area contributed by atoms with Crippen LogP contribution < -0.4 is 15.0 Å². The molecule has 40 heavy (non-hydrogen) atoms. The minimum atomic E-state index is -0.310.